The summed E-state index contributed by atoms with van der Waals surface area (Å²) in [5, 5.41) is 0. The van der Waals surface area contributed by atoms with Gasteiger partial charge in [0.2, 0.25) is 0 Å². The van der Waals surface area contributed by atoms with Gasteiger partial charge >= 0.3 is 5.97 Å². The molecule has 4 heteroatoms. The van der Waals surface area contributed by atoms with Crippen molar-refractivity contribution in [2.45, 2.75) is 19.9 Å². The number of hydrogen-bond donors (Lipinski definition) is 0. The molecule has 1 aromatic heterocycles. The fourth-order valence-electron chi connectivity index (χ4n) is 1.14. The SMILES string of the molecule is COC(=O)c1cc(I)cn1C(C)C. The number of carbonyl (C=O) groups is 1. The number of nitrogens with zero attached hydrogens (tertiary/aromatic N) is 1. The zero-order chi connectivity index (χ0) is 10.0. The molecule has 0 atom stereocenters. The van der Waals surface area contributed by atoms with Crippen LogP contribution in [0.4, 0.5) is 0 Å². The normalized spacial score (nSPS) is 10.5. The first kappa shape index (κ1) is 10.6. The minimum absolute atomic E-state index is 0.276. The maximum absolute atomic E-state index is 11.3. The maximum atomic E-state index is 11.3. The molecule has 0 aliphatic carbocycles. The Morgan fingerprint density at radius 3 is 2.69 bits per heavy atom. The van der Waals surface area contributed by atoms with Gasteiger partial charge in [-0.15, -0.1) is 0 Å². The highest BCUT2D eigenvalue weighted by Crippen LogP contribution is 2.17. The Labute approximate surface area is 91.2 Å². The van der Waals surface area contributed by atoms with Crippen LogP contribution in [-0.4, -0.2) is 17.6 Å². The largest absolute Gasteiger partial charge is 0.464 e. The van der Waals surface area contributed by atoms with E-state index >= 15 is 0 Å². The molecule has 0 aromatic carbocycles. The van der Waals surface area contributed by atoms with E-state index < -0.39 is 0 Å². The van der Waals surface area contributed by atoms with Crippen LogP contribution in [0.3, 0.4) is 0 Å². The van der Waals surface area contributed by atoms with Crippen molar-refractivity contribution in [2.24, 2.45) is 0 Å². The van der Waals surface area contributed by atoms with E-state index in [2.05, 4.69) is 27.3 Å². The van der Waals surface area contributed by atoms with Crippen molar-refractivity contribution in [3.8, 4) is 0 Å². The number of esters is 1. The van der Waals surface area contributed by atoms with Crippen LogP contribution in [0.2, 0.25) is 0 Å². The quantitative estimate of drug-likeness (QED) is 0.619. The predicted octanol–water partition coefficient (Wildman–Crippen LogP) is 2.46. The Balaban J connectivity index is 3.11. The molecular weight excluding hydrogens is 281 g/mol. The van der Waals surface area contributed by atoms with Crippen LogP contribution in [0, 0.1) is 3.57 Å². The molecule has 0 spiro atoms. The third-order valence-electron chi connectivity index (χ3n) is 1.77. The Morgan fingerprint density at radius 1 is 1.62 bits per heavy atom. The molecule has 1 aromatic rings. The average molecular weight is 293 g/mol. The fraction of sp³-hybridized carbons (Fsp3) is 0.444. The zero-order valence-electron chi connectivity index (χ0n) is 7.87. The number of halogens is 1. The summed E-state index contributed by atoms with van der Waals surface area (Å²) in [6, 6.07) is 2.10. The Hall–Kier alpha value is -0.520. The summed E-state index contributed by atoms with van der Waals surface area (Å²) in [6.45, 7) is 4.06. The van der Waals surface area contributed by atoms with Crippen molar-refractivity contribution in [3.63, 3.8) is 0 Å². The van der Waals surface area contributed by atoms with Crippen molar-refractivity contribution in [3.05, 3.63) is 21.5 Å². The van der Waals surface area contributed by atoms with Crippen LogP contribution in [0.25, 0.3) is 0 Å². The summed E-state index contributed by atoms with van der Waals surface area (Å²) in [5.74, 6) is -0.281. The van der Waals surface area contributed by atoms with E-state index in [-0.39, 0.29) is 12.0 Å². The molecule has 0 unspecified atom stereocenters. The van der Waals surface area contributed by atoms with E-state index in [9.17, 15) is 4.79 Å². The molecule has 0 amide bonds. The van der Waals surface area contributed by atoms with Gasteiger partial charge < -0.3 is 9.30 Å². The molecule has 0 aliphatic rings. The summed E-state index contributed by atoms with van der Waals surface area (Å²) in [4.78, 5) is 11.3. The van der Waals surface area contributed by atoms with Crippen LogP contribution >= 0.6 is 22.6 Å². The highest BCUT2D eigenvalue weighted by atomic mass is 127. The van der Waals surface area contributed by atoms with Gasteiger partial charge in [-0.3, -0.25) is 0 Å². The van der Waals surface area contributed by atoms with Crippen LogP contribution in [-0.2, 0) is 4.74 Å². The molecule has 0 N–H and O–H groups in total. The maximum Gasteiger partial charge on any atom is 0.354 e. The van der Waals surface area contributed by atoms with E-state index in [1.165, 1.54) is 7.11 Å². The lowest BCUT2D eigenvalue weighted by Crippen LogP contribution is -2.11. The molecule has 13 heavy (non-hydrogen) atoms. The Bertz CT molecular complexity index is 317. The lowest BCUT2D eigenvalue weighted by atomic mass is 10.3. The second-order valence-electron chi connectivity index (χ2n) is 3.04. The molecule has 0 saturated carbocycles. The van der Waals surface area contributed by atoms with Gasteiger partial charge in [-0.05, 0) is 42.5 Å². The smallest absolute Gasteiger partial charge is 0.354 e. The summed E-state index contributed by atoms with van der Waals surface area (Å²) in [5.41, 5.74) is 0.613. The lowest BCUT2D eigenvalue weighted by molar-refractivity contribution is 0.0587. The molecule has 1 heterocycles. The average Bonchev–Trinajstić information content (AvgIpc) is 2.46. The Morgan fingerprint density at radius 2 is 2.23 bits per heavy atom. The minimum Gasteiger partial charge on any atom is -0.464 e. The molecule has 0 bridgehead atoms. The first-order valence-electron chi connectivity index (χ1n) is 4.02. The highest BCUT2D eigenvalue weighted by molar-refractivity contribution is 14.1. The molecule has 0 saturated heterocycles. The third kappa shape index (κ3) is 2.24. The topological polar surface area (TPSA) is 31.2 Å². The van der Waals surface area contributed by atoms with Crippen LogP contribution in [0.1, 0.15) is 30.4 Å². The van der Waals surface area contributed by atoms with Crippen LogP contribution in [0.15, 0.2) is 12.3 Å². The molecule has 0 aliphatic heterocycles. The third-order valence-corrected chi connectivity index (χ3v) is 2.36. The van der Waals surface area contributed by atoms with E-state index in [4.69, 9.17) is 0 Å². The summed E-state index contributed by atoms with van der Waals surface area (Å²) in [7, 11) is 1.40. The minimum atomic E-state index is -0.281. The van der Waals surface area contributed by atoms with Gasteiger partial charge in [0.1, 0.15) is 5.69 Å². The van der Waals surface area contributed by atoms with Crippen LogP contribution < -0.4 is 0 Å². The molecule has 72 valence electrons. The zero-order valence-corrected chi connectivity index (χ0v) is 10.0. The number of aromatic nitrogens is 1. The fourth-order valence-corrected chi connectivity index (χ4v) is 1.74. The van der Waals surface area contributed by atoms with E-state index in [1.807, 2.05) is 30.7 Å². The number of methoxy groups -OCH3 is 1. The number of ether oxygens (including phenoxy) is 1. The number of hydrogen-bond acceptors (Lipinski definition) is 2. The van der Waals surface area contributed by atoms with Crippen molar-refractivity contribution in [2.75, 3.05) is 7.11 Å². The van der Waals surface area contributed by atoms with Crippen LogP contribution in [0.5, 0.6) is 0 Å². The molecular formula is C9H12INO2. The van der Waals surface area contributed by atoms with Gasteiger partial charge in [-0.1, -0.05) is 0 Å². The van der Waals surface area contributed by atoms with E-state index in [1.54, 1.807) is 0 Å². The first-order valence-corrected chi connectivity index (χ1v) is 5.09. The number of carbonyl (C=O) groups excluding carboxylic acids is 1. The highest BCUT2D eigenvalue weighted by Gasteiger charge is 2.14. The molecule has 1 rings (SSSR count). The van der Waals surface area contributed by atoms with Crippen molar-refractivity contribution in [1.82, 2.24) is 4.57 Å². The standard InChI is InChI=1S/C9H12INO2/c1-6(2)11-5-7(10)4-8(11)9(12)13-3/h4-6H,1-3H3. The van der Waals surface area contributed by atoms with E-state index in [0.29, 0.717) is 5.69 Å². The summed E-state index contributed by atoms with van der Waals surface area (Å²) >= 11 is 2.18. The van der Waals surface area contributed by atoms with Gasteiger partial charge in [0.05, 0.1) is 7.11 Å². The van der Waals surface area contributed by atoms with Gasteiger partial charge in [-0.2, -0.15) is 0 Å². The molecule has 3 nitrogen and oxygen atoms in total. The lowest BCUT2D eigenvalue weighted by Gasteiger charge is -2.10. The second kappa shape index (κ2) is 4.13. The summed E-state index contributed by atoms with van der Waals surface area (Å²) < 4.78 is 7.64. The van der Waals surface area contributed by atoms with Crippen molar-refractivity contribution in [1.29, 1.82) is 0 Å². The summed E-state index contributed by atoms with van der Waals surface area (Å²) in [6.07, 6.45) is 1.94. The van der Waals surface area contributed by atoms with E-state index in [0.717, 1.165) is 3.57 Å². The Kier molecular flexibility index (Phi) is 3.35. The molecule has 0 fully saturated rings. The molecule has 0 radical (unpaired) electrons. The second-order valence-corrected chi connectivity index (χ2v) is 4.28. The van der Waals surface area contributed by atoms with Gasteiger partial charge in [0.25, 0.3) is 0 Å². The predicted molar refractivity (Wildman–Crippen MR) is 58.9 cm³/mol. The van der Waals surface area contributed by atoms with Gasteiger partial charge in [-0.25, -0.2) is 4.79 Å². The van der Waals surface area contributed by atoms with Crippen molar-refractivity contribution < 1.29 is 9.53 Å². The van der Waals surface area contributed by atoms with Gasteiger partial charge in [0, 0.05) is 15.8 Å². The first-order chi connectivity index (χ1) is 6.06. The number of rotatable bonds is 2. The monoisotopic (exact) mass is 293 g/mol. The van der Waals surface area contributed by atoms with Crippen molar-refractivity contribution >= 4 is 28.6 Å². The van der Waals surface area contributed by atoms with Gasteiger partial charge in [0.15, 0.2) is 0 Å².